The van der Waals surface area contributed by atoms with Crippen LogP contribution in [0.25, 0.3) is 10.9 Å². The Balaban J connectivity index is 1.73. The summed E-state index contributed by atoms with van der Waals surface area (Å²) in [4.78, 5) is 38.4. The lowest BCUT2D eigenvalue weighted by atomic mass is 9.99. The fourth-order valence-corrected chi connectivity index (χ4v) is 4.67. The van der Waals surface area contributed by atoms with Gasteiger partial charge in [-0.2, -0.15) is 13.2 Å². The van der Waals surface area contributed by atoms with Gasteiger partial charge >= 0.3 is 12.1 Å². The Morgan fingerprint density at radius 1 is 1.16 bits per heavy atom. The van der Waals surface area contributed by atoms with E-state index in [1.54, 1.807) is 32.9 Å². The standard InChI is InChI=1S/C25H23BrF3N3O5/c1-24(2,3)37-17(33)10-30-22(35)19-21(34)18-14(26)8-9-15-20(18)32(23(19)36)11-16(31-15)12-4-6-13(7-5-12)25(27,28)29/h4-9,16,31,34H,10-11H2,1-3H3,(H,30,35). The third-order valence-electron chi connectivity index (χ3n) is 5.71. The molecule has 37 heavy (non-hydrogen) atoms. The summed E-state index contributed by atoms with van der Waals surface area (Å²) in [6.07, 6.45) is -4.49. The second-order valence-corrected chi connectivity index (χ2v) is 10.4. The predicted molar refractivity (Wildman–Crippen MR) is 134 cm³/mol. The molecule has 1 aliphatic heterocycles. The van der Waals surface area contributed by atoms with Crippen LogP contribution in [0.2, 0.25) is 0 Å². The molecular weight excluding hydrogens is 559 g/mol. The van der Waals surface area contributed by atoms with E-state index in [1.807, 2.05) is 0 Å². The number of nitrogens with one attached hydrogen (secondary N) is 2. The molecule has 1 amide bonds. The number of halogens is 4. The monoisotopic (exact) mass is 581 g/mol. The van der Waals surface area contributed by atoms with E-state index in [1.165, 1.54) is 16.7 Å². The number of benzene rings is 2. The van der Waals surface area contributed by atoms with E-state index < -0.39 is 58.7 Å². The van der Waals surface area contributed by atoms with Crippen LogP contribution in [0.5, 0.6) is 5.75 Å². The second kappa shape index (κ2) is 9.40. The number of hydrogen-bond acceptors (Lipinski definition) is 6. The number of hydrogen-bond donors (Lipinski definition) is 3. The molecule has 0 aliphatic carbocycles. The van der Waals surface area contributed by atoms with Gasteiger partial charge in [-0.05, 0) is 66.5 Å². The largest absolute Gasteiger partial charge is 0.506 e. The lowest BCUT2D eigenvalue weighted by Gasteiger charge is -2.30. The van der Waals surface area contributed by atoms with E-state index in [9.17, 15) is 32.7 Å². The predicted octanol–water partition coefficient (Wildman–Crippen LogP) is 4.73. The van der Waals surface area contributed by atoms with Crippen molar-refractivity contribution in [2.75, 3.05) is 11.9 Å². The Kier molecular flexibility index (Phi) is 6.74. The van der Waals surface area contributed by atoms with Gasteiger partial charge in [0.2, 0.25) is 0 Å². The van der Waals surface area contributed by atoms with Gasteiger partial charge in [0, 0.05) is 4.47 Å². The first-order valence-corrected chi connectivity index (χ1v) is 12.0. The Bertz CT molecular complexity index is 1460. The van der Waals surface area contributed by atoms with E-state index in [-0.39, 0.29) is 11.9 Å². The minimum absolute atomic E-state index is 0.0310. The molecule has 1 atom stereocenters. The summed E-state index contributed by atoms with van der Waals surface area (Å²) in [5, 5.41) is 16.6. The van der Waals surface area contributed by atoms with Crippen molar-refractivity contribution < 1.29 is 32.6 Å². The van der Waals surface area contributed by atoms with Gasteiger partial charge in [-0.15, -0.1) is 0 Å². The number of nitrogens with zero attached hydrogens (tertiary/aromatic N) is 1. The number of ether oxygens (including phenoxy) is 1. The summed E-state index contributed by atoms with van der Waals surface area (Å²) in [7, 11) is 0. The number of aromatic nitrogens is 1. The highest BCUT2D eigenvalue weighted by Gasteiger charge is 2.32. The molecule has 0 fully saturated rings. The molecule has 4 rings (SSSR count). The average molecular weight is 582 g/mol. The minimum Gasteiger partial charge on any atom is -0.506 e. The fourth-order valence-electron chi connectivity index (χ4n) is 4.16. The van der Waals surface area contributed by atoms with E-state index >= 15 is 0 Å². The van der Waals surface area contributed by atoms with Gasteiger partial charge in [-0.25, -0.2) is 0 Å². The Hall–Kier alpha value is -3.54. The molecule has 8 nitrogen and oxygen atoms in total. The number of carbonyl (C=O) groups excluding carboxylic acids is 2. The van der Waals surface area contributed by atoms with E-state index in [0.717, 1.165) is 12.1 Å². The first kappa shape index (κ1) is 26.5. The van der Waals surface area contributed by atoms with Gasteiger partial charge in [0.1, 0.15) is 23.5 Å². The van der Waals surface area contributed by atoms with Crippen LogP contribution in [-0.2, 0) is 22.3 Å². The number of amides is 1. The Labute approximate surface area is 217 Å². The zero-order chi connectivity index (χ0) is 27.3. The highest BCUT2D eigenvalue weighted by atomic mass is 79.9. The Morgan fingerprint density at radius 2 is 1.81 bits per heavy atom. The molecule has 0 saturated heterocycles. The van der Waals surface area contributed by atoms with Crippen LogP contribution in [0, 0.1) is 0 Å². The quantitative estimate of drug-likeness (QED) is 0.384. The first-order chi connectivity index (χ1) is 17.2. The summed E-state index contributed by atoms with van der Waals surface area (Å²) >= 11 is 3.34. The molecule has 1 aromatic heterocycles. The van der Waals surface area contributed by atoms with Crippen LogP contribution in [-0.4, -0.2) is 33.7 Å². The normalized spacial score (nSPS) is 15.3. The number of anilines is 1. The summed E-state index contributed by atoms with van der Waals surface area (Å²) in [6.45, 7) is 4.43. The van der Waals surface area contributed by atoms with Crippen LogP contribution in [0.3, 0.4) is 0 Å². The van der Waals surface area contributed by atoms with E-state index in [4.69, 9.17) is 4.74 Å². The van der Waals surface area contributed by atoms with Crippen LogP contribution in [0.4, 0.5) is 18.9 Å². The molecule has 0 saturated carbocycles. The van der Waals surface area contributed by atoms with E-state index in [0.29, 0.717) is 21.2 Å². The lowest BCUT2D eigenvalue weighted by Crippen LogP contribution is -2.39. The number of alkyl halides is 3. The molecule has 1 aliphatic rings. The summed E-state index contributed by atoms with van der Waals surface area (Å²) in [6, 6.07) is 7.22. The molecule has 3 aromatic rings. The SMILES string of the molecule is CC(C)(C)OC(=O)CNC(=O)c1c(O)c2c(Br)ccc3c2n(c1=O)CC(c1ccc(C(F)(F)F)cc1)N3. The second-order valence-electron chi connectivity index (χ2n) is 9.54. The van der Waals surface area contributed by atoms with Gasteiger partial charge in [0.15, 0.2) is 0 Å². The average Bonchev–Trinajstić information content (AvgIpc) is 2.80. The summed E-state index contributed by atoms with van der Waals surface area (Å²) < 4.78 is 45.8. The number of carbonyl (C=O) groups is 2. The number of esters is 1. The molecule has 0 spiro atoms. The van der Waals surface area contributed by atoms with Gasteiger partial charge < -0.3 is 25.0 Å². The third-order valence-corrected chi connectivity index (χ3v) is 6.37. The van der Waals surface area contributed by atoms with Crippen molar-refractivity contribution in [1.82, 2.24) is 9.88 Å². The molecular formula is C25H23BrF3N3O5. The summed E-state index contributed by atoms with van der Waals surface area (Å²) in [5.74, 6) is -2.26. The maximum absolute atomic E-state index is 13.4. The van der Waals surface area contributed by atoms with Crippen LogP contribution >= 0.6 is 15.9 Å². The maximum Gasteiger partial charge on any atom is 0.416 e. The van der Waals surface area contributed by atoms with Crippen LogP contribution < -0.4 is 16.2 Å². The van der Waals surface area contributed by atoms with Crippen molar-refractivity contribution >= 4 is 44.4 Å². The zero-order valence-electron chi connectivity index (χ0n) is 20.0. The van der Waals surface area contributed by atoms with Crippen molar-refractivity contribution in [3.63, 3.8) is 0 Å². The molecule has 2 heterocycles. The number of aromatic hydroxyl groups is 1. The van der Waals surface area contributed by atoms with Gasteiger partial charge in [-0.1, -0.05) is 12.1 Å². The highest BCUT2D eigenvalue weighted by molar-refractivity contribution is 9.10. The van der Waals surface area contributed by atoms with Crippen LogP contribution in [0.15, 0.2) is 45.7 Å². The molecule has 3 N–H and O–H groups in total. The molecule has 196 valence electrons. The first-order valence-electron chi connectivity index (χ1n) is 11.2. The van der Waals surface area contributed by atoms with Crippen molar-refractivity contribution in [3.8, 4) is 5.75 Å². The van der Waals surface area contributed by atoms with Crippen molar-refractivity contribution in [3.05, 3.63) is 67.9 Å². The van der Waals surface area contributed by atoms with Gasteiger partial charge in [0.05, 0.1) is 34.7 Å². The highest BCUT2D eigenvalue weighted by Crippen LogP contribution is 2.41. The van der Waals surface area contributed by atoms with Crippen molar-refractivity contribution in [2.45, 2.75) is 45.1 Å². The Morgan fingerprint density at radius 3 is 2.41 bits per heavy atom. The topological polar surface area (TPSA) is 110 Å². The fraction of sp³-hybridized carbons (Fsp3) is 0.320. The lowest BCUT2D eigenvalue weighted by molar-refractivity contribution is -0.153. The smallest absolute Gasteiger partial charge is 0.416 e. The number of rotatable bonds is 4. The van der Waals surface area contributed by atoms with Crippen LogP contribution in [0.1, 0.15) is 48.3 Å². The molecule has 0 radical (unpaired) electrons. The molecule has 2 aromatic carbocycles. The molecule has 0 bridgehead atoms. The molecule has 12 heteroatoms. The maximum atomic E-state index is 13.4. The zero-order valence-corrected chi connectivity index (χ0v) is 21.6. The summed E-state index contributed by atoms with van der Waals surface area (Å²) in [5.41, 5.74) is -1.70. The third kappa shape index (κ3) is 5.29. The number of pyridine rings is 1. The van der Waals surface area contributed by atoms with Gasteiger partial charge in [-0.3, -0.25) is 14.4 Å². The minimum atomic E-state index is -4.49. The van der Waals surface area contributed by atoms with E-state index in [2.05, 4.69) is 26.6 Å². The van der Waals surface area contributed by atoms with Crippen molar-refractivity contribution in [2.24, 2.45) is 0 Å². The van der Waals surface area contributed by atoms with Gasteiger partial charge in [0.25, 0.3) is 11.5 Å². The van der Waals surface area contributed by atoms with Crippen molar-refractivity contribution in [1.29, 1.82) is 0 Å². The molecule has 1 unspecified atom stereocenters.